The number of morpholine rings is 1. The highest BCUT2D eigenvalue weighted by Crippen LogP contribution is 2.15. The predicted molar refractivity (Wildman–Crippen MR) is 81.2 cm³/mol. The van der Waals surface area contributed by atoms with Crippen molar-refractivity contribution in [3.05, 3.63) is 17.5 Å². The van der Waals surface area contributed by atoms with Crippen LogP contribution in [0.25, 0.3) is 0 Å². The maximum atomic E-state index is 5.37. The standard InChI is InChI=1S/C15H26N4O/c1-11(2)14-9-12(3)16-15(18-14)17-13(4)10-19-5-7-20-8-6-19/h9,11,13H,5-8,10H2,1-4H3,(H,16,17,18). The Kier molecular flexibility index (Phi) is 5.31. The molecule has 5 heteroatoms. The monoisotopic (exact) mass is 278 g/mol. The maximum absolute atomic E-state index is 5.37. The highest BCUT2D eigenvalue weighted by molar-refractivity contribution is 5.30. The fourth-order valence-electron chi connectivity index (χ4n) is 2.39. The lowest BCUT2D eigenvalue weighted by Crippen LogP contribution is -2.42. The first-order valence-electron chi connectivity index (χ1n) is 7.47. The first-order chi connectivity index (χ1) is 9.54. The normalized spacial score (nSPS) is 18.2. The van der Waals surface area contributed by atoms with E-state index >= 15 is 0 Å². The van der Waals surface area contributed by atoms with Gasteiger partial charge >= 0.3 is 0 Å². The molecular weight excluding hydrogens is 252 g/mol. The summed E-state index contributed by atoms with van der Waals surface area (Å²) in [6, 6.07) is 2.39. The summed E-state index contributed by atoms with van der Waals surface area (Å²) in [6.45, 7) is 13.2. The van der Waals surface area contributed by atoms with Crippen molar-refractivity contribution in [3.8, 4) is 0 Å². The third-order valence-electron chi connectivity index (χ3n) is 3.48. The highest BCUT2D eigenvalue weighted by Gasteiger charge is 2.14. The molecule has 0 spiro atoms. The van der Waals surface area contributed by atoms with Gasteiger partial charge in [0.1, 0.15) is 0 Å². The second-order valence-corrected chi connectivity index (χ2v) is 5.87. The van der Waals surface area contributed by atoms with Crippen molar-refractivity contribution >= 4 is 5.95 Å². The van der Waals surface area contributed by atoms with Gasteiger partial charge in [-0.25, -0.2) is 9.97 Å². The molecule has 1 saturated heterocycles. The van der Waals surface area contributed by atoms with Crippen molar-refractivity contribution in [1.29, 1.82) is 0 Å². The van der Waals surface area contributed by atoms with E-state index in [2.05, 4.69) is 47.0 Å². The Morgan fingerprint density at radius 3 is 2.60 bits per heavy atom. The summed E-state index contributed by atoms with van der Waals surface area (Å²) in [6.07, 6.45) is 0. The van der Waals surface area contributed by atoms with Crippen LogP contribution in [0, 0.1) is 6.92 Å². The molecular formula is C15H26N4O. The van der Waals surface area contributed by atoms with Crippen LogP contribution in [-0.4, -0.2) is 53.8 Å². The van der Waals surface area contributed by atoms with Crippen molar-refractivity contribution in [2.45, 2.75) is 39.7 Å². The average Bonchev–Trinajstić information content (AvgIpc) is 2.38. The van der Waals surface area contributed by atoms with Crippen LogP contribution >= 0.6 is 0 Å². The van der Waals surface area contributed by atoms with E-state index in [0.717, 1.165) is 50.2 Å². The number of rotatable bonds is 5. The van der Waals surface area contributed by atoms with E-state index in [1.54, 1.807) is 0 Å². The van der Waals surface area contributed by atoms with Crippen LogP contribution in [0.5, 0.6) is 0 Å². The number of hydrogen-bond donors (Lipinski definition) is 1. The fourth-order valence-corrected chi connectivity index (χ4v) is 2.39. The molecule has 1 N–H and O–H groups in total. The van der Waals surface area contributed by atoms with Crippen LogP contribution < -0.4 is 5.32 Å². The molecule has 0 saturated carbocycles. The lowest BCUT2D eigenvalue weighted by atomic mass is 10.1. The van der Waals surface area contributed by atoms with Gasteiger partial charge in [-0.15, -0.1) is 0 Å². The van der Waals surface area contributed by atoms with Crippen LogP contribution in [0.4, 0.5) is 5.95 Å². The van der Waals surface area contributed by atoms with Crippen LogP contribution in [-0.2, 0) is 4.74 Å². The number of anilines is 1. The van der Waals surface area contributed by atoms with Gasteiger partial charge in [0.25, 0.3) is 0 Å². The molecule has 0 bridgehead atoms. The van der Waals surface area contributed by atoms with Gasteiger partial charge < -0.3 is 10.1 Å². The maximum Gasteiger partial charge on any atom is 0.223 e. The SMILES string of the molecule is Cc1cc(C(C)C)nc(NC(C)CN2CCOCC2)n1. The van der Waals surface area contributed by atoms with Crippen molar-refractivity contribution in [1.82, 2.24) is 14.9 Å². The Hall–Kier alpha value is -1.20. The van der Waals surface area contributed by atoms with Gasteiger partial charge in [-0.05, 0) is 25.8 Å². The topological polar surface area (TPSA) is 50.3 Å². The summed E-state index contributed by atoms with van der Waals surface area (Å²) in [5.41, 5.74) is 2.11. The number of aromatic nitrogens is 2. The largest absolute Gasteiger partial charge is 0.379 e. The fraction of sp³-hybridized carbons (Fsp3) is 0.733. The van der Waals surface area contributed by atoms with E-state index in [4.69, 9.17) is 4.74 Å². The van der Waals surface area contributed by atoms with Crippen LogP contribution in [0.1, 0.15) is 38.1 Å². The zero-order chi connectivity index (χ0) is 14.5. The lowest BCUT2D eigenvalue weighted by molar-refractivity contribution is 0.0368. The molecule has 0 aromatic carbocycles. The van der Waals surface area contributed by atoms with Gasteiger partial charge in [0.2, 0.25) is 5.95 Å². The quantitative estimate of drug-likeness (QED) is 0.893. The van der Waals surface area contributed by atoms with Gasteiger partial charge in [0.15, 0.2) is 0 Å². The van der Waals surface area contributed by atoms with Crippen LogP contribution in [0.2, 0.25) is 0 Å². The van der Waals surface area contributed by atoms with Gasteiger partial charge in [0, 0.05) is 37.1 Å². The van der Waals surface area contributed by atoms with Crippen molar-refractivity contribution in [2.24, 2.45) is 0 Å². The second kappa shape index (κ2) is 6.99. The molecule has 1 aromatic heterocycles. The van der Waals surface area contributed by atoms with Gasteiger partial charge in [0.05, 0.1) is 13.2 Å². The Bertz CT molecular complexity index is 430. The average molecular weight is 278 g/mol. The minimum atomic E-state index is 0.329. The van der Waals surface area contributed by atoms with E-state index in [1.165, 1.54) is 0 Å². The molecule has 2 rings (SSSR count). The molecule has 1 atom stereocenters. The van der Waals surface area contributed by atoms with E-state index in [9.17, 15) is 0 Å². The minimum absolute atomic E-state index is 0.329. The summed E-state index contributed by atoms with van der Waals surface area (Å²) >= 11 is 0. The molecule has 1 unspecified atom stereocenters. The first kappa shape index (κ1) is 15.2. The second-order valence-electron chi connectivity index (χ2n) is 5.87. The molecule has 1 aliphatic heterocycles. The van der Waals surface area contributed by atoms with Crippen molar-refractivity contribution in [2.75, 3.05) is 38.2 Å². The predicted octanol–water partition coefficient (Wildman–Crippen LogP) is 2.04. The Morgan fingerprint density at radius 1 is 1.25 bits per heavy atom. The van der Waals surface area contributed by atoms with Gasteiger partial charge in [-0.1, -0.05) is 13.8 Å². The number of nitrogens with one attached hydrogen (secondary N) is 1. The summed E-state index contributed by atoms with van der Waals surface area (Å²) in [4.78, 5) is 11.5. The van der Waals surface area contributed by atoms with Crippen molar-refractivity contribution in [3.63, 3.8) is 0 Å². The number of nitrogens with zero attached hydrogens (tertiary/aromatic N) is 3. The molecule has 5 nitrogen and oxygen atoms in total. The van der Waals surface area contributed by atoms with Gasteiger partial charge in [-0.2, -0.15) is 0 Å². The summed E-state index contributed by atoms with van der Waals surface area (Å²) in [5, 5.41) is 3.42. The number of hydrogen-bond acceptors (Lipinski definition) is 5. The third-order valence-corrected chi connectivity index (χ3v) is 3.48. The number of aryl methyl sites for hydroxylation is 1. The highest BCUT2D eigenvalue weighted by atomic mass is 16.5. The molecule has 0 amide bonds. The minimum Gasteiger partial charge on any atom is -0.379 e. The van der Waals surface area contributed by atoms with Crippen LogP contribution in [0.3, 0.4) is 0 Å². The Morgan fingerprint density at radius 2 is 1.95 bits per heavy atom. The molecule has 112 valence electrons. The van der Waals surface area contributed by atoms with E-state index in [1.807, 2.05) is 6.92 Å². The first-order valence-corrected chi connectivity index (χ1v) is 7.47. The molecule has 0 aliphatic carbocycles. The lowest BCUT2D eigenvalue weighted by Gasteiger charge is -2.29. The molecule has 1 aromatic rings. The molecule has 1 aliphatic rings. The molecule has 2 heterocycles. The van der Waals surface area contributed by atoms with E-state index < -0.39 is 0 Å². The summed E-state index contributed by atoms with van der Waals surface area (Å²) in [5.74, 6) is 1.17. The van der Waals surface area contributed by atoms with E-state index in [-0.39, 0.29) is 0 Å². The van der Waals surface area contributed by atoms with Crippen molar-refractivity contribution < 1.29 is 4.74 Å². The Balaban J connectivity index is 1.94. The Labute approximate surface area is 121 Å². The van der Waals surface area contributed by atoms with Crippen LogP contribution in [0.15, 0.2) is 6.07 Å². The summed E-state index contributed by atoms with van der Waals surface area (Å²) in [7, 11) is 0. The third kappa shape index (κ3) is 4.42. The molecule has 1 fully saturated rings. The van der Waals surface area contributed by atoms with E-state index in [0.29, 0.717) is 12.0 Å². The number of ether oxygens (including phenoxy) is 1. The zero-order valence-corrected chi connectivity index (χ0v) is 13.0. The molecule has 0 radical (unpaired) electrons. The zero-order valence-electron chi connectivity index (χ0n) is 13.0. The smallest absolute Gasteiger partial charge is 0.223 e. The molecule has 20 heavy (non-hydrogen) atoms. The van der Waals surface area contributed by atoms with Gasteiger partial charge in [-0.3, -0.25) is 4.90 Å². The summed E-state index contributed by atoms with van der Waals surface area (Å²) < 4.78 is 5.37.